The Morgan fingerprint density at radius 2 is 1.79 bits per heavy atom. The molecule has 4 heteroatoms. The number of hydrogen-bond acceptors (Lipinski definition) is 3. The van der Waals surface area contributed by atoms with E-state index in [2.05, 4.69) is 0 Å². The molecule has 0 radical (unpaired) electrons. The van der Waals surface area contributed by atoms with E-state index in [1.54, 1.807) is 55.6 Å². The molecule has 0 fully saturated rings. The van der Waals surface area contributed by atoms with Gasteiger partial charge in [-0.05, 0) is 36.4 Å². The van der Waals surface area contributed by atoms with Crippen LogP contribution in [-0.4, -0.2) is 19.7 Å². The molecule has 2 rings (SSSR count). The molecular formula is C15H13ClO3. The summed E-state index contributed by atoms with van der Waals surface area (Å²) in [5, 5.41) is 0.451. The lowest BCUT2D eigenvalue weighted by atomic mass is 10.0. The third kappa shape index (κ3) is 3.34. The molecule has 0 spiro atoms. The first-order valence-electron chi connectivity index (χ1n) is 5.73. The molecule has 0 aliphatic rings. The number of carbonyl (C=O) groups excluding carboxylic acids is 1. The maximum atomic E-state index is 12.2. The Kier molecular flexibility index (Phi) is 4.55. The van der Waals surface area contributed by atoms with Gasteiger partial charge >= 0.3 is 0 Å². The third-order valence-electron chi connectivity index (χ3n) is 2.58. The summed E-state index contributed by atoms with van der Waals surface area (Å²) >= 11 is 6.01. The standard InChI is InChI=1S/C15H13ClO3/c1-18-10-19-12-8-6-11(7-9-12)15(17)13-4-2-3-5-14(13)16/h2-9H,10H2,1H3. The van der Waals surface area contributed by atoms with E-state index in [9.17, 15) is 4.79 Å². The summed E-state index contributed by atoms with van der Waals surface area (Å²) in [4.78, 5) is 12.2. The van der Waals surface area contributed by atoms with Crippen molar-refractivity contribution >= 4 is 17.4 Å². The van der Waals surface area contributed by atoms with E-state index in [1.165, 1.54) is 0 Å². The van der Waals surface area contributed by atoms with Crippen LogP contribution >= 0.6 is 11.6 Å². The Morgan fingerprint density at radius 1 is 1.11 bits per heavy atom. The molecule has 0 heterocycles. The number of halogens is 1. The predicted octanol–water partition coefficient (Wildman–Crippen LogP) is 3.55. The van der Waals surface area contributed by atoms with E-state index >= 15 is 0 Å². The fourth-order valence-electron chi connectivity index (χ4n) is 1.63. The van der Waals surface area contributed by atoms with Gasteiger partial charge in [-0.25, -0.2) is 0 Å². The average Bonchev–Trinajstić information content (AvgIpc) is 2.45. The number of ketones is 1. The average molecular weight is 277 g/mol. The summed E-state index contributed by atoms with van der Waals surface area (Å²) in [6.45, 7) is 0.178. The van der Waals surface area contributed by atoms with Crippen LogP contribution in [0.15, 0.2) is 48.5 Å². The molecule has 0 aliphatic carbocycles. The number of hydrogen-bond donors (Lipinski definition) is 0. The summed E-state index contributed by atoms with van der Waals surface area (Å²) in [6.07, 6.45) is 0. The maximum Gasteiger partial charge on any atom is 0.194 e. The molecule has 0 bridgehead atoms. The van der Waals surface area contributed by atoms with Crippen molar-refractivity contribution in [3.63, 3.8) is 0 Å². The van der Waals surface area contributed by atoms with E-state index in [4.69, 9.17) is 21.1 Å². The van der Waals surface area contributed by atoms with Gasteiger partial charge in [0.2, 0.25) is 0 Å². The van der Waals surface area contributed by atoms with Gasteiger partial charge in [0, 0.05) is 18.2 Å². The molecular weight excluding hydrogens is 264 g/mol. The van der Waals surface area contributed by atoms with Crippen LogP contribution in [0.2, 0.25) is 5.02 Å². The van der Waals surface area contributed by atoms with E-state index in [-0.39, 0.29) is 12.6 Å². The van der Waals surface area contributed by atoms with E-state index in [0.29, 0.717) is 21.9 Å². The summed E-state index contributed by atoms with van der Waals surface area (Å²) in [6, 6.07) is 13.8. The normalized spacial score (nSPS) is 10.2. The van der Waals surface area contributed by atoms with Crippen molar-refractivity contribution in [1.29, 1.82) is 0 Å². The first kappa shape index (κ1) is 13.6. The molecule has 0 atom stereocenters. The first-order valence-corrected chi connectivity index (χ1v) is 6.11. The Bertz CT molecular complexity index is 564. The molecule has 2 aromatic carbocycles. The third-order valence-corrected chi connectivity index (χ3v) is 2.91. The number of carbonyl (C=O) groups is 1. The van der Waals surface area contributed by atoms with Gasteiger partial charge in [-0.1, -0.05) is 23.7 Å². The molecule has 0 amide bonds. The number of methoxy groups -OCH3 is 1. The van der Waals surface area contributed by atoms with E-state index in [0.717, 1.165) is 0 Å². The minimum Gasteiger partial charge on any atom is -0.468 e. The Labute approximate surface area is 116 Å². The number of rotatable bonds is 5. The number of benzene rings is 2. The smallest absolute Gasteiger partial charge is 0.194 e. The summed E-state index contributed by atoms with van der Waals surface area (Å²) in [5.41, 5.74) is 1.06. The Balaban J connectivity index is 2.18. The van der Waals surface area contributed by atoms with Crippen molar-refractivity contribution in [1.82, 2.24) is 0 Å². The molecule has 0 unspecified atom stereocenters. The summed E-state index contributed by atoms with van der Waals surface area (Å²) in [5.74, 6) is 0.543. The van der Waals surface area contributed by atoms with Crippen molar-refractivity contribution in [2.24, 2.45) is 0 Å². The van der Waals surface area contributed by atoms with Gasteiger partial charge in [-0.3, -0.25) is 4.79 Å². The fraction of sp³-hybridized carbons (Fsp3) is 0.133. The minimum absolute atomic E-state index is 0.108. The van der Waals surface area contributed by atoms with Crippen molar-refractivity contribution < 1.29 is 14.3 Å². The van der Waals surface area contributed by atoms with Crippen molar-refractivity contribution in [3.8, 4) is 5.75 Å². The minimum atomic E-state index is -0.108. The van der Waals surface area contributed by atoms with Gasteiger partial charge < -0.3 is 9.47 Å². The molecule has 19 heavy (non-hydrogen) atoms. The summed E-state index contributed by atoms with van der Waals surface area (Å²) in [7, 11) is 1.55. The molecule has 0 N–H and O–H groups in total. The molecule has 2 aromatic rings. The van der Waals surface area contributed by atoms with Crippen LogP contribution in [0.4, 0.5) is 0 Å². The van der Waals surface area contributed by atoms with E-state index < -0.39 is 0 Å². The zero-order valence-electron chi connectivity index (χ0n) is 10.4. The second-order valence-corrected chi connectivity index (χ2v) is 4.29. The lowest BCUT2D eigenvalue weighted by Gasteiger charge is -2.06. The topological polar surface area (TPSA) is 35.5 Å². The van der Waals surface area contributed by atoms with Crippen LogP contribution in [0, 0.1) is 0 Å². The van der Waals surface area contributed by atoms with Gasteiger partial charge in [0.25, 0.3) is 0 Å². The Hall–Kier alpha value is -1.84. The zero-order chi connectivity index (χ0) is 13.7. The SMILES string of the molecule is COCOc1ccc(C(=O)c2ccccc2Cl)cc1. The van der Waals surface area contributed by atoms with Crippen molar-refractivity contribution in [3.05, 3.63) is 64.7 Å². The van der Waals surface area contributed by atoms with Crippen LogP contribution in [0.25, 0.3) is 0 Å². The number of ether oxygens (including phenoxy) is 2. The van der Waals surface area contributed by atoms with Crippen LogP contribution in [-0.2, 0) is 4.74 Å². The predicted molar refractivity (Wildman–Crippen MR) is 73.8 cm³/mol. The highest BCUT2D eigenvalue weighted by atomic mass is 35.5. The van der Waals surface area contributed by atoms with Gasteiger partial charge in [0.1, 0.15) is 5.75 Å². The summed E-state index contributed by atoms with van der Waals surface area (Å²) < 4.78 is 10.1. The quantitative estimate of drug-likeness (QED) is 0.619. The Morgan fingerprint density at radius 3 is 2.42 bits per heavy atom. The molecule has 98 valence electrons. The lowest BCUT2D eigenvalue weighted by molar-refractivity contribution is 0.0511. The van der Waals surface area contributed by atoms with Crippen LogP contribution in [0.5, 0.6) is 5.75 Å². The van der Waals surface area contributed by atoms with Crippen LogP contribution in [0.1, 0.15) is 15.9 Å². The van der Waals surface area contributed by atoms with Gasteiger partial charge in [-0.2, -0.15) is 0 Å². The monoisotopic (exact) mass is 276 g/mol. The molecule has 3 nitrogen and oxygen atoms in total. The highest BCUT2D eigenvalue weighted by Crippen LogP contribution is 2.20. The van der Waals surface area contributed by atoms with E-state index in [1.807, 2.05) is 0 Å². The van der Waals surface area contributed by atoms with Crippen molar-refractivity contribution in [2.75, 3.05) is 13.9 Å². The largest absolute Gasteiger partial charge is 0.468 e. The molecule has 0 saturated heterocycles. The molecule has 0 aromatic heterocycles. The van der Waals surface area contributed by atoms with Gasteiger partial charge in [-0.15, -0.1) is 0 Å². The second-order valence-electron chi connectivity index (χ2n) is 3.88. The second kappa shape index (κ2) is 6.36. The maximum absolute atomic E-state index is 12.2. The molecule has 0 saturated carbocycles. The van der Waals surface area contributed by atoms with Gasteiger partial charge in [0.05, 0.1) is 5.02 Å². The van der Waals surface area contributed by atoms with Gasteiger partial charge in [0.15, 0.2) is 12.6 Å². The fourth-order valence-corrected chi connectivity index (χ4v) is 1.85. The van der Waals surface area contributed by atoms with Crippen molar-refractivity contribution in [2.45, 2.75) is 0 Å². The highest BCUT2D eigenvalue weighted by molar-refractivity contribution is 6.34. The lowest BCUT2D eigenvalue weighted by Crippen LogP contribution is -2.03. The van der Waals surface area contributed by atoms with Crippen LogP contribution < -0.4 is 4.74 Å². The zero-order valence-corrected chi connectivity index (χ0v) is 11.2. The van der Waals surface area contributed by atoms with Crippen LogP contribution in [0.3, 0.4) is 0 Å². The first-order chi connectivity index (χ1) is 9.22. The molecule has 0 aliphatic heterocycles. The highest BCUT2D eigenvalue weighted by Gasteiger charge is 2.12.